The van der Waals surface area contributed by atoms with Crippen molar-refractivity contribution in [2.75, 3.05) is 19.6 Å². The summed E-state index contributed by atoms with van der Waals surface area (Å²) in [5, 5.41) is 0. The Morgan fingerprint density at radius 3 is 2.17 bits per heavy atom. The molecule has 0 spiro atoms. The SMILES string of the molecule is CCCN(CCC)CC(C)C(=O)c1ccccc1. The molecule has 2 nitrogen and oxygen atoms in total. The van der Waals surface area contributed by atoms with Gasteiger partial charge in [-0.25, -0.2) is 0 Å². The molecule has 0 saturated carbocycles. The lowest BCUT2D eigenvalue weighted by Crippen LogP contribution is -2.33. The first kappa shape index (κ1) is 14.9. The van der Waals surface area contributed by atoms with Crippen LogP contribution in [0.5, 0.6) is 0 Å². The highest BCUT2D eigenvalue weighted by Crippen LogP contribution is 2.11. The summed E-state index contributed by atoms with van der Waals surface area (Å²) in [5.74, 6) is 0.332. The van der Waals surface area contributed by atoms with Crippen molar-refractivity contribution in [3.05, 3.63) is 35.9 Å². The lowest BCUT2D eigenvalue weighted by atomic mass is 9.99. The van der Waals surface area contributed by atoms with Gasteiger partial charge in [0.25, 0.3) is 0 Å². The van der Waals surface area contributed by atoms with Gasteiger partial charge in [0.15, 0.2) is 5.78 Å². The summed E-state index contributed by atoms with van der Waals surface area (Å²) in [6.07, 6.45) is 2.29. The maximum absolute atomic E-state index is 12.3. The molecule has 0 fully saturated rings. The third-order valence-corrected chi connectivity index (χ3v) is 3.12. The van der Waals surface area contributed by atoms with E-state index in [4.69, 9.17) is 0 Å². The second kappa shape index (κ2) is 8.04. The first-order chi connectivity index (χ1) is 8.69. The van der Waals surface area contributed by atoms with E-state index < -0.39 is 0 Å². The van der Waals surface area contributed by atoms with E-state index in [9.17, 15) is 4.79 Å². The maximum atomic E-state index is 12.3. The fraction of sp³-hybridized carbons (Fsp3) is 0.562. The van der Waals surface area contributed by atoms with Crippen LogP contribution in [0.15, 0.2) is 30.3 Å². The number of Topliss-reactive ketones (excluding diaryl/α,β-unsaturated/α-hetero) is 1. The molecule has 0 saturated heterocycles. The Kier molecular flexibility index (Phi) is 6.66. The molecule has 1 rings (SSSR count). The molecule has 0 aliphatic heterocycles. The molecule has 0 heterocycles. The number of carbonyl (C=O) groups is 1. The van der Waals surface area contributed by atoms with Gasteiger partial charge >= 0.3 is 0 Å². The second-order valence-corrected chi connectivity index (χ2v) is 4.93. The topological polar surface area (TPSA) is 20.3 Å². The molecule has 0 aliphatic carbocycles. The van der Waals surface area contributed by atoms with Crippen molar-refractivity contribution in [1.29, 1.82) is 0 Å². The van der Waals surface area contributed by atoms with Gasteiger partial charge in [-0.15, -0.1) is 0 Å². The molecule has 0 radical (unpaired) electrons. The van der Waals surface area contributed by atoms with Crippen LogP contribution in [0.3, 0.4) is 0 Å². The van der Waals surface area contributed by atoms with Crippen molar-refractivity contribution in [3.8, 4) is 0 Å². The van der Waals surface area contributed by atoms with Crippen LogP contribution in [0.1, 0.15) is 44.0 Å². The van der Waals surface area contributed by atoms with Crippen LogP contribution in [0.25, 0.3) is 0 Å². The van der Waals surface area contributed by atoms with E-state index in [0.29, 0.717) is 0 Å². The Labute approximate surface area is 111 Å². The molecule has 1 unspecified atom stereocenters. The molecule has 18 heavy (non-hydrogen) atoms. The summed E-state index contributed by atoms with van der Waals surface area (Å²) in [5.41, 5.74) is 0.831. The molecule has 0 amide bonds. The van der Waals surface area contributed by atoms with Crippen molar-refractivity contribution in [3.63, 3.8) is 0 Å². The van der Waals surface area contributed by atoms with E-state index in [-0.39, 0.29) is 11.7 Å². The van der Waals surface area contributed by atoms with Gasteiger partial charge in [-0.3, -0.25) is 4.79 Å². The van der Waals surface area contributed by atoms with Crippen LogP contribution in [-0.4, -0.2) is 30.3 Å². The Hall–Kier alpha value is -1.15. The summed E-state index contributed by atoms with van der Waals surface area (Å²) < 4.78 is 0. The quantitative estimate of drug-likeness (QED) is 0.654. The lowest BCUT2D eigenvalue weighted by Gasteiger charge is -2.24. The van der Waals surface area contributed by atoms with Crippen LogP contribution in [0.2, 0.25) is 0 Å². The van der Waals surface area contributed by atoms with Gasteiger partial charge in [-0.1, -0.05) is 51.1 Å². The van der Waals surface area contributed by atoms with Crippen molar-refractivity contribution < 1.29 is 4.79 Å². The Morgan fingerprint density at radius 1 is 1.11 bits per heavy atom. The molecule has 0 bridgehead atoms. The molecule has 2 heteroatoms. The Morgan fingerprint density at radius 2 is 1.67 bits per heavy atom. The Balaban J connectivity index is 2.58. The van der Waals surface area contributed by atoms with Gasteiger partial charge in [0.2, 0.25) is 0 Å². The van der Waals surface area contributed by atoms with Gasteiger partial charge in [0.05, 0.1) is 0 Å². The third-order valence-electron chi connectivity index (χ3n) is 3.12. The van der Waals surface area contributed by atoms with E-state index in [2.05, 4.69) is 18.7 Å². The van der Waals surface area contributed by atoms with Gasteiger partial charge in [0.1, 0.15) is 0 Å². The summed E-state index contributed by atoms with van der Waals surface area (Å²) >= 11 is 0. The standard InChI is InChI=1S/C16H25NO/c1-4-11-17(12-5-2)13-14(3)16(18)15-9-7-6-8-10-15/h6-10,14H,4-5,11-13H2,1-3H3. The summed E-state index contributed by atoms with van der Waals surface area (Å²) in [6.45, 7) is 9.45. The number of hydrogen-bond acceptors (Lipinski definition) is 2. The zero-order valence-corrected chi connectivity index (χ0v) is 11.9. The normalized spacial score (nSPS) is 12.7. The molecule has 100 valence electrons. The number of carbonyl (C=O) groups excluding carboxylic acids is 1. The molecule has 1 aromatic carbocycles. The van der Waals surface area contributed by atoms with Crippen LogP contribution < -0.4 is 0 Å². The average molecular weight is 247 g/mol. The minimum atomic E-state index is 0.0745. The number of rotatable bonds is 8. The van der Waals surface area contributed by atoms with Crippen molar-refractivity contribution in [1.82, 2.24) is 4.90 Å². The van der Waals surface area contributed by atoms with E-state index in [0.717, 1.165) is 38.0 Å². The largest absolute Gasteiger partial charge is 0.303 e. The first-order valence-corrected chi connectivity index (χ1v) is 7.00. The highest BCUT2D eigenvalue weighted by molar-refractivity contribution is 5.97. The Bertz CT molecular complexity index is 341. The van der Waals surface area contributed by atoms with E-state index in [1.165, 1.54) is 0 Å². The fourth-order valence-corrected chi connectivity index (χ4v) is 2.28. The van der Waals surface area contributed by atoms with Crippen molar-refractivity contribution in [2.45, 2.75) is 33.6 Å². The summed E-state index contributed by atoms with van der Waals surface area (Å²) in [7, 11) is 0. The molecular weight excluding hydrogens is 222 g/mol. The van der Waals surface area contributed by atoms with Crippen molar-refractivity contribution >= 4 is 5.78 Å². The van der Waals surface area contributed by atoms with E-state index in [1.807, 2.05) is 37.3 Å². The molecule has 1 aromatic rings. The predicted molar refractivity (Wildman–Crippen MR) is 77.0 cm³/mol. The maximum Gasteiger partial charge on any atom is 0.166 e. The molecule has 0 N–H and O–H groups in total. The van der Waals surface area contributed by atoms with Crippen LogP contribution in [0, 0.1) is 5.92 Å². The molecular formula is C16H25NO. The minimum Gasteiger partial charge on any atom is -0.303 e. The smallest absolute Gasteiger partial charge is 0.166 e. The number of nitrogens with zero attached hydrogens (tertiary/aromatic N) is 1. The summed E-state index contributed by atoms with van der Waals surface area (Å²) in [4.78, 5) is 14.7. The van der Waals surface area contributed by atoms with Crippen LogP contribution >= 0.6 is 0 Å². The third kappa shape index (κ3) is 4.61. The monoisotopic (exact) mass is 247 g/mol. The highest BCUT2D eigenvalue weighted by Gasteiger charge is 2.17. The zero-order chi connectivity index (χ0) is 13.4. The van der Waals surface area contributed by atoms with Crippen LogP contribution in [0.4, 0.5) is 0 Å². The zero-order valence-electron chi connectivity index (χ0n) is 11.9. The number of benzene rings is 1. The van der Waals surface area contributed by atoms with Crippen LogP contribution in [-0.2, 0) is 0 Å². The number of hydrogen-bond donors (Lipinski definition) is 0. The fourth-order valence-electron chi connectivity index (χ4n) is 2.28. The first-order valence-electron chi connectivity index (χ1n) is 7.00. The minimum absolute atomic E-state index is 0.0745. The van der Waals surface area contributed by atoms with Gasteiger partial charge in [-0.05, 0) is 25.9 Å². The van der Waals surface area contributed by atoms with Gasteiger partial charge in [-0.2, -0.15) is 0 Å². The molecule has 0 aliphatic rings. The van der Waals surface area contributed by atoms with Gasteiger partial charge < -0.3 is 4.90 Å². The number of ketones is 1. The average Bonchev–Trinajstić information content (AvgIpc) is 2.39. The summed E-state index contributed by atoms with van der Waals surface area (Å²) in [6, 6.07) is 9.61. The van der Waals surface area contributed by atoms with Crippen molar-refractivity contribution in [2.24, 2.45) is 5.92 Å². The second-order valence-electron chi connectivity index (χ2n) is 4.93. The van der Waals surface area contributed by atoms with E-state index >= 15 is 0 Å². The highest BCUT2D eigenvalue weighted by atomic mass is 16.1. The predicted octanol–water partition coefficient (Wildman–Crippen LogP) is 3.63. The molecule has 1 atom stereocenters. The molecule has 0 aromatic heterocycles. The van der Waals surface area contributed by atoms with Gasteiger partial charge in [0, 0.05) is 18.0 Å². The lowest BCUT2D eigenvalue weighted by molar-refractivity contribution is 0.0893. The van der Waals surface area contributed by atoms with E-state index in [1.54, 1.807) is 0 Å².